The van der Waals surface area contributed by atoms with Crippen molar-refractivity contribution in [3.8, 4) is 5.75 Å². The van der Waals surface area contributed by atoms with E-state index in [2.05, 4.69) is 10.6 Å². The predicted octanol–water partition coefficient (Wildman–Crippen LogP) is 3.06. The van der Waals surface area contributed by atoms with Gasteiger partial charge in [0.25, 0.3) is 0 Å². The van der Waals surface area contributed by atoms with Crippen LogP contribution in [-0.2, 0) is 11.2 Å². The Bertz CT molecular complexity index is 630. The molecule has 0 spiro atoms. The summed E-state index contributed by atoms with van der Waals surface area (Å²) >= 11 is 0. The van der Waals surface area contributed by atoms with Crippen molar-refractivity contribution in [3.63, 3.8) is 0 Å². The van der Waals surface area contributed by atoms with Gasteiger partial charge in [-0.1, -0.05) is 30.3 Å². The molecule has 1 aliphatic heterocycles. The number of hydrogen-bond donors (Lipinski definition) is 2. The summed E-state index contributed by atoms with van der Waals surface area (Å²) in [5, 5.41) is 6.20. The van der Waals surface area contributed by atoms with Crippen molar-refractivity contribution >= 4 is 17.3 Å². The minimum absolute atomic E-state index is 0.0432. The number of carbonyl (C=O) groups excluding carboxylic acids is 1. The van der Waals surface area contributed by atoms with Crippen LogP contribution in [0.15, 0.2) is 48.5 Å². The number of benzene rings is 2. The van der Waals surface area contributed by atoms with E-state index in [-0.39, 0.29) is 11.9 Å². The largest absolute Gasteiger partial charge is 0.492 e. The lowest BCUT2D eigenvalue weighted by atomic mass is 10.1. The van der Waals surface area contributed by atoms with E-state index in [1.807, 2.05) is 55.5 Å². The molecule has 1 aliphatic rings. The van der Waals surface area contributed by atoms with E-state index >= 15 is 0 Å². The lowest BCUT2D eigenvalue weighted by molar-refractivity contribution is -0.116. The Hall–Kier alpha value is -2.49. The van der Waals surface area contributed by atoms with Gasteiger partial charge < -0.3 is 15.4 Å². The van der Waals surface area contributed by atoms with E-state index in [4.69, 9.17) is 4.74 Å². The van der Waals surface area contributed by atoms with Crippen LogP contribution < -0.4 is 15.4 Å². The molecule has 0 saturated carbocycles. The van der Waals surface area contributed by atoms with Gasteiger partial charge in [-0.3, -0.25) is 4.79 Å². The minimum Gasteiger partial charge on any atom is -0.492 e. The smallest absolute Gasteiger partial charge is 0.247 e. The predicted molar refractivity (Wildman–Crippen MR) is 83.8 cm³/mol. The van der Waals surface area contributed by atoms with Crippen LogP contribution in [-0.4, -0.2) is 18.6 Å². The Labute approximate surface area is 124 Å². The maximum absolute atomic E-state index is 12.4. The van der Waals surface area contributed by atoms with Gasteiger partial charge in [0.05, 0.1) is 12.3 Å². The first-order valence-corrected chi connectivity index (χ1v) is 7.15. The standard InChI is InChI=1S/C17H18N2O2/c1-2-21-16-10-6-5-9-14(16)19-17(20)15-11-12-7-3-4-8-13(12)18-15/h3-10,15,18H,2,11H2,1H3,(H,19,20)/t15-/m0/s1. The molecule has 1 atom stereocenters. The fourth-order valence-electron chi connectivity index (χ4n) is 2.53. The fraction of sp³-hybridized carbons (Fsp3) is 0.235. The molecule has 4 nitrogen and oxygen atoms in total. The van der Waals surface area contributed by atoms with Gasteiger partial charge in [0.2, 0.25) is 5.91 Å². The molecule has 1 amide bonds. The molecule has 0 aliphatic carbocycles. The quantitative estimate of drug-likeness (QED) is 0.906. The number of nitrogens with one attached hydrogen (secondary N) is 2. The zero-order valence-corrected chi connectivity index (χ0v) is 11.9. The summed E-state index contributed by atoms with van der Waals surface area (Å²) < 4.78 is 5.53. The molecular weight excluding hydrogens is 264 g/mol. The maximum atomic E-state index is 12.4. The summed E-state index contributed by atoms with van der Waals surface area (Å²) in [6.07, 6.45) is 0.707. The molecule has 0 radical (unpaired) electrons. The number of fused-ring (bicyclic) bond motifs is 1. The lowest BCUT2D eigenvalue weighted by Gasteiger charge is -2.14. The molecule has 1 heterocycles. The minimum atomic E-state index is -0.239. The first-order valence-electron chi connectivity index (χ1n) is 7.15. The summed E-state index contributed by atoms with van der Waals surface area (Å²) in [7, 11) is 0. The molecule has 0 aromatic heterocycles. The van der Waals surface area contributed by atoms with Crippen LogP contribution >= 0.6 is 0 Å². The van der Waals surface area contributed by atoms with Gasteiger partial charge in [-0.2, -0.15) is 0 Å². The molecule has 2 N–H and O–H groups in total. The second-order valence-corrected chi connectivity index (χ2v) is 4.98. The van der Waals surface area contributed by atoms with Crippen LogP contribution in [0, 0.1) is 0 Å². The molecule has 2 aromatic carbocycles. The summed E-state index contributed by atoms with van der Waals surface area (Å²) in [6, 6.07) is 15.2. The molecule has 21 heavy (non-hydrogen) atoms. The number of amides is 1. The second kappa shape index (κ2) is 5.87. The van der Waals surface area contributed by atoms with Gasteiger partial charge in [-0.25, -0.2) is 0 Å². The SMILES string of the molecule is CCOc1ccccc1NC(=O)[C@@H]1Cc2ccccc2N1. The number of hydrogen-bond acceptors (Lipinski definition) is 3. The van der Waals surface area contributed by atoms with E-state index in [1.165, 1.54) is 5.56 Å². The van der Waals surface area contributed by atoms with E-state index in [0.29, 0.717) is 24.5 Å². The summed E-state index contributed by atoms with van der Waals surface area (Å²) in [5.41, 5.74) is 2.92. The third kappa shape index (κ3) is 2.84. The van der Waals surface area contributed by atoms with Crippen molar-refractivity contribution in [2.75, 3.05) is 17.2 Å². The highest BCUT2D eigenvalue weighted by Gasteiger charge is 2.26. The molecule has 0 saturated heterocycles. The van der Waals surface area contributed by atoms with Crippen molar-refractivity contribution in [1.29, 1.82) is 0 Å². The zero-order chi connectivity index (χ0) is 14.7. The van der Waals surface area contributed by atoms with Crippen molar-refractivity contribution in [1.82, 2.24) is 0 Å². The zero-order valence-electron chi connectivity index (χ0n) is 11.9. The maximum Gasteiger partial charge on any atom is 0.247 e. The molecule has 0 unspecified atom stereocenters. The van der Waals surface area contributed by atoms with Crippen molar-refractivity contribution in [2.24, 2.45) is 0 Å². The molecule has 3 rings (SSSR count). The Morgan fingerprint density at radius 1 is 1.24 bits per heavy atom. The molecule has 0 fully saturated rings. The Morgan fingerprint density at radius 3 is 2.81 bits per heavy atom. The normalized spacial score (nSPS) is 16.0. The number of carbonyl (C=O) groups is 1. The van der Waals surface area contributed by atoms with E-state index in [1.54, 1.807) is 0 Å². The van der Waals surface area contributed by atoms with Gasteiger partial charge in [0.1, 0.15) is 11.8 Å². The van der Waals surface area contributed by atoms with Crippen LogP contribution in [0.4, 0.5) is 11.4 Å². The van der Waals surface area contributed by atoms with Gasteiger partial charge in [0.15, 0.2) is 0 Å². The average Bonchev–Trinajstić information content (AvgIpc) is 2.93. The van der Waals surface area contributed by atoms with Gasteiger partial charge >= 0.3 is 0 Å². The average molecular weight is 282 g/mol. The Balaban J connectivity index is 1.71. The number of rotatable bonds is 4. The van der Waals surface area contributed by atoms with Crippen LogP contribution in [0.2, 0.25) is 0 Å². The molecule has 0 bridgehead atoms. The summed E-state index contributed by atoms with van der Waals surface area (Å²) in [6.45, 7) is 2.49. The van der Waals surface area contributed by atoms with Gasteiger partial charge in [-0.15, -0.1) is 0 Å². The van der Waals surface area contributed by atoms with Crippen LogP contribution in [0.25, 0.3) is 0 Å². The van der Waals surface area contributed by atoms with E-state index < -0.39 is 0 Å². The van der Waals surface area contributed by atoms with Crippen LogP contribution in [0.1, 0.15) is 12.5 Å². The summed E-state index contributed by atoms with van der Waals surface area (Å²) in [4.78, 5) is 12.4. The van der Waals surface area contributed by atoms with E-state index in [9.17, 15) is 4.79 Å². The topological polar surface area (TPSA) is 50.4 Å². The highest BCUT2D eigenvalue weighted by Crippen LogP contribution is 2.28. The third-order valence-corrected chi connectivity index (χ3v) is 3.53. The third-order valence-electron chi connectivity index (χ3n) is 3.53. The van der Waals surface area contributed by atoms with Crippen molar-refractivity contribution < 1.29 is 9.53 Å². The van der Waals surface area contributed by atoms with Crippen molar-refractivity contribution in [3.05, 3.63) is 54.1 Å². The van der Waals surface area contributed by atoms with Gasteiger partial charge in [-0.05, 0) is 30.7 Å². The molecule has 2 aromatic rings. The lowest BCUT2D eigenvalue weighted by Crippen LogP contribution is -2.32. The number of para-hydroxylation sites is 3. The Morgan fingerprint density at radius 2 is 2.00 bits per heavy atom. The van der Waals surface area contributed by atoms with E-state index in [0.717, 1.165) is 5.69 Å². The van der Waals surface area contributed by atoms with Gasteiger partial charge in [0, 0.05) is 12.1 Å². The highest BCUT2D eigenvalue weighted by atomic mass is 16.5. The van der Waals surface area contributed by atoms with Crippen LogP contribution in [0.3, 0.4) is 0 Å². The first-order chi connectivity index (χ1) is 10.3. The molecule has 4 heteroatoms. The second-order valence-electron chi connectivity index (χ2n) is 4.98. The number of ether oxygens (including phenoxy) is 1. The van der Waals surface area contributed by atoms with Crippen LogP contribution in [0.5, 0.6) is 5.75 Å². The highest BCUT2D eigenvalue weighted by molar-refractivity contribution is 5.99. The molecular formula is C17H18N2O2. The Kier molecular flexibility index (Phi) is 3.77. The monoisotopic (exact) mass is 282 g/mol. The molecule has 108 valence electrons. The summed E-state index contributed by atoms with van der Waals surface area (Å²) in [5.74, 6) is 0.655. The van der Waals surface area contributed by atoms with Crippen molar-refractivity contribution in [2.45, 2.75) is 19.4 Å². The first kappa shape index (κ1) is 13.5. The fourth-order valence-corrected chi connectivity index (χ4v) is 2.53. The number of anilines is 2.